The van der Waals surface area contributed by atoms with Crippen molar-refractivity contribution in [1.82, 2.24) is 10.2 Å². The zero-order valence-electron chi connectivity index (χ0n) is 10.1. The summed E-state index contributed by atoms with van der Waals surface area (Å²) in [4.78, 5) is 2.39. The lowest BCUT2D eigenvalue weighted by atomic mass is 10.1. The Balaban J connectivity index is 1.61. The molecule has 1 N–H and O–H groups in total. The van der Waals surface area contributed by atoms with Crippen molar-refractivity contribution in [1.29, 1.82) is 0 Å². The summed E-state index contributed by atoms with van der Waals surface area (Å²) in [7, 11) is 0. The fourth-order valence-electron chi connectivity index (χ4n) is 2.79. The molecule has 2 aliphatic rings. The average molecular weight is 242 g/mol. The van der Waals surface area contributed by atoms with Crippen molar-refractivity contribution in [3.8, 4) is 0 Å². The van der Waals surface area contributed by atoms with Gasteiger partial charge in [-0.2, -0.15) is 0 Å². The molecular weight excluding hydrogens is 220 g/mol. The predicted octanol–water partition coefficient (Wildman–Crippen LogP) is 1.77. The lowest BCUT2D eigenvalue weighted by molar-refractivity contribution is 0.145. The topological polar surface area (TPSA) is 24.5 Å². The van der Waals surface area contributed by atoms with Crippen LogP contribution in [0.2, 0.25) is 0 Å². The number of fused-ring (bicyclic) bond motifs is 2. The third-order valence-electron chi connectivity index (χ3n) is 3.62. The van der Waals surface area contributed by atoms with E-state index in [2.05, 4.69) is 10.2 Å². The number of nitrogens with one attached hydrogen (secondary N) is 1. The van der Waals surface area contributed by atoms with E-state index >= 15 is 0 Å². The van der Waals surface area contributed by atoms with Crippen molar-refractivity contribution in [3.05, 3.63) is 0 Å². The first-order valence-corrected chi connectivity index (χ1v) is 6.84. The van der Waals surface area contributed by atoms with E-state index in [1.807, 2.05) is 6.92 Å². The van der Waals surface area contributed by atoms with E-state index in [4.69, 9.17) is 17.0 Å². The number of thiocarbonyl (C=S) groups is 1. The van der Waals surface area contributed by atoms with Gasteiger partial charge in [-0.25, -0.2) is 0 Å². The summed E-state index contributed by atoms with van der Waals surface area (Å²) >= 11 is 5.43. The van der Waals surface area contributed by atoms with Crippen LogP contribution in [0.5, 0.6) is 0 Å². The first-order chi connectivity index (χ1) is 7.81. The molecule has 2 bridgehead atoms. The second-order valence-corrected chi connectivity index (χ2v) is 5.15. The summed E-state index contributed by atoms with van der Waals surface area (Å²) in [6.07, 6.45) is 5.15. The molecule has 0 aromatic rings. The van der Waals surface area contributed by atoms with Crippen molar-refractivity contribution < 1.29 is 4.74 Å². The summed E-state index contributed by atoms with van der Waals surface area (Å²) in [5, 5.41) is 4.31. The molecule has 1 heterocycles. The minimum Gasteiger partial charge on any atom is -0.382 e. The Labute approximate surface area is 104 Å². The SMILES string of the molecule is CCOCCCNC(=S)N1CC2CCC1C2. The zero-order valence-corrected chi connectivity index (χ0v) is 10.9. The van der Waals surface area contributed by atoms with Gasteiger partial charge < -0.3 is 15.0 Å². The molecule has 2 rings (SSSR count). The van der Waals surface area contributed by atoms with Crippen molar-refractivity contribution in [2.45, 2.75) is 38.6 Å². The van der Waals surface area contributed by atoms with Crippen molar-refractivity contribution in [3.63, 3.8) is 0 Å². The highest BCUT2D eigenvalue weighted by atomic mass is 32.1. The number of nitrogens with zero attached hydrogens (tertiary/aromatic N) is 1. The van der Waals surface area contributed by atoms with Gasteiger partial charge in [0.25, 0.3) is 0 Å². The summed E-state index contributed by atoms with van der Waals surface area (Å²) in [5.41, 5.74) is 0. The lowest BCUT2D eigenvalue weighted by Gasteiger charge is -2.29. The highest BCUT2D eigenvalue weighted by Gasteiger charge is 2.38. The van der Waals surface area contributed by atoms with Crippen LogP contribution in [0.4, 0.5) is 0 Å². The normalized spacial score (nSPS) is 27.4. The molecule has 1 aliphatic heterocycles. The second-order valence-electron chi connectivity index (χ2n) is 4.77. The van der Waals surface area contributed by atoms with Crippen LogP contribution in [0.3, 0.4) is 0 Å². The molecule has 2 unspecified atom stereocenters. The Morgan fingerprint density at radius 2 is 2.38 bits per heavy atom. The lowest BCUT2D eigenvalue weighted by Crippen LogP contribution is -2.44. The van der Waals surface area contributed by atoms with Gasteiger partial charge in [-0.15, -0.1) is 0 Å². The van der Waals surface area contributed by atoms with E-state index in [-0.39, 0.29) is 0 Å². The fraction of sp³-hybridized carbons (Fsp3) is 0.917. The molecule has 0 aromatic carbocycles. The predicted molar refractivity (Wildman–Crippen MR) is 69.5 cm³/mol. The van der Waals surface area contributed by atoms with E-state index in [0.717, 1.165) is 43.3 Å². The van der Waals surface area contributed by atoms with Crippen molar-refractivity contribution in [2.75, 3.05) is 26.3 Å². The van der Waals surface area contributed by atoms with Crippen LogP contribution in [-0.2, 0) is 4.74 Å². The van der Waals surface area contributed by atoms with Gasteiger partial charge in [-0.3, -0.25) is 0 Å². The maximum Gasteiger partial charge on any atom is 0.169 e. The minimum atomic E-state index is 0.733. The summed E-state index contributed by atoms with van der Waals surface area (Å²) in [5.74, 6) is 0.910. The molecule has 1 saturated heterocycles. The quantitative estimate of drug-likeness (QED) is 0.586. The van der Waals surface area contributed by atoms with Gasteiger partial charge in [-0.1, -0.05) is 0 Å². The summed E-state index contributed by atoms with van der Waals surface area (Å²) < 4.78 is 5.29. The van der Waals surface area contributed by atoms with E-state index < -0.39 is 0 Å². The van der Waals surface area contributed by atoms with Gasteiger partial charge in [0, 0.05) is 32.3 Å². The van der Waals surface area contributed by atoms with Crippen LogP contribution in [0, 0.1) is 5.92 Å². The van der Waals surface area contributed by atoms with Gasteiger partial charge >= 0.3 is 0 Å². The maximum atomic E-state index is 5.43. The Hall–Kier alpha value is -0.350. The molecule has 2 atom stereocenters. The molecule has 16 heavy (non-hydrogen) atoms. The van der Waals surface area contributed by atoms with Crippen molar-refractivity contribution >= 4 is 17.3 Å². The summed E-state index contributed by atoms with van der Waals surface area (Å²) in [6, 6.07) is 0.733. The highest BCUT2D eigenvalue weighted by Crippen LogP contribution is 2.37. The Bertz CT molecular complexity index is 247. The average Bonchev–Trinajstić information content (AvgIpc) is 2.90. The molecule has 0 radical (unpaired) electrons. The third-order valence-corrected chi connectivity index (χ3v) is 3.99. The van der Waals surface area contributed by atoms with Crippen LogP contribution in [0.25, 0.3) is 0 Å². The summed E-state index contributed by atoms with van der Waals surface area (Å²) in [6.45, 7) is 5.78. The van der Waals surface area contributed by atoms with Gasteiger partial charge in [0.2, 0.25) is 0 Å². The molecule has 3 nitrogen and oxygen atoms in total. The van der Waals surface area contributed by atoms with Crippen LogP contribution in [-0.4, -0.2) is 42.4 Å². The van der Waals surface area contributed by atoms with Crippen LogP contribution in [0.15, 0.2) is 0 Å². The number of rotatable bonds is 5. The van der Waals surface area contributed by atoms with E-state index in [1.54, 1.807) is 0 Å². The molecular formula is C12H22N2OS. The highest BCUT2D eigenvalue weighted by molar-refractivity contribution is 7.80. The van der Waals surface area contributed by atoms with E-state index in [0.29, 0.717) is 0 Å². The molecule has 1 saturated carbocycles. The number of hydrogen-bond acceptors (Lipinski definition) is 2. The van der Waals surface area contributed by atoms with Gasteiger partial charge in [0.1, 0.15) is 0 Å². The number of likely N-dealkylation sites (tertiary alicyclic amines) is 1. The first kappa shape index (κ1) is 12.1. The molecule has 1 aliphatic carbocycles. The number of hydrogen-bond donors (Lipinski definition) is 1. The number of piperidine rings is 1. The largest absolute Gasteiger partial charge is 0.382 e. The molecule has 92 valence electrons. The molecule has 0 amide bonds. The smallest absolute Gasteiger partial charge is 0.169 e. The fourth-order valence-corrected chi connectivity index (χ4v) is 3.11. The van der Waals surface area contributed by atoms with Crippen LogP contribution in [0.1, 0.15) is 32.6 Å². The molecule has 0 aromatic heterocycles. The minimum absolute atomic E-state index is 0.733. The molecule has 4 heteroatoms. The van der Waals surface area contributed by atoms with Crippen molar-refractivity contribution in [2.24, 2.45) is 5.92 Å². The van der Waals surface area contributed by atoms with Gasteiger partial charge in [0.05, 0.1) is 0 Å². The standard InChI is InChI=1S/C12H22N2OS/c1-2-15-7-3-6-13-12(16)14-9-10-4-5-11(14)8-10/h10-11H,2-9H2,1H3,(H,13,16). The Morgan fingerprint density at radius 1 is 1.50 bits per heavy atom. The number of ether oxygens (including phenoxy) is 1. The van der Waals surface area contributed by atoms with E-state index in [1.165, 1.54) is 25.8 Å². The molecule has 2 fully saturated rings. The second kappa shape index (κ2) is 5.82. The molecule has 0 spiro atoms. The Morgan fingerprint density at radius 3 is 3.00 bits per heavy atom. The maximum absolute atomic E-state index is 5.43. The third kappa shape index (κ3) is 2.86. The zero-order chi connectivity index (χ0) is 11.4. The first-order valence-electron chi connectivity index (χ1n) is 6.43. The Kier molecular flexibility index (Phi) is 4.41. The monoisotopic (exact) mass is 242 g/mol. The van der Waals surface area contributed by atoms with Gasteiger partial charge in [0.15, 0.2) is 5.11 Å². The van der Waals surface area contributed by atoms with Crippen LogP contribution < -0.4 is 5.32 Å². The van der Waals surface area contributed by atoms with Gasteiger partial charge in [-0.05, 0) is 50.7 Å². The van der Waals surface area contributed by atoms with E-state index in [9.17, 15) is 0 Å². The van der Waals surface area contributed by atoms with Crippen LogP contribution >= 0.6 is 12.2 Å².